The molecule has 6 heteroatoms. The van der Waals surface area contributed by atoms with Crippen LogP contribution in [-0.2, 0) is 0 Å². The molecule has 0 bridgehead atoms. The van der Waals surface area contributed by atoms with E-state index in [1.54, 1.807) is 0 Å². The molecule has 18 heavy (non-hydrogen) atoms. The number of pyridine rings is 1. The molecule has 2 rings (SSSR count). The summed E-state index contributed by atoms with van der Waals surface area (Å²) in [7, 11) is 0. The van der Waals surface area contributed by atoms with E-state index in [9.17, 15) is 4.79 Å². The van der Waals surface area contributed by atoms with Crippen molar-refractivity contribution in [1.29, 1.82) is 0 Å². The minimum atomic E-state index is -0.136. The zero-order valence-electron chi connectivity index (χ0n) is 10.9. The van der Waals surface area contributed by atoms with Gasteiger partial charge in [-0.25, -0.2) is 0 Å². The monoisotopic (exact) mass is 264 g/mol. The fraction of sp³-hybridized carbons (Fsp3) is 0.417. The predicted molar refractivity (Wildman–Crippen MR) is 73.3 cm³/mol. The summed E-state index contributed by atoms with van der Waals surface area (Å²) in [6.45, 7) is 7.77. The maximum atomic E-state index is 12.1. The molecule has 96 valence electrons. The fourth-order valence-corrected chi connectivity index (χ4v) is 2.43. The van der Waals surface area contributed by atoms with Gasteiger partial charge in [0, 0.05) is 11.7 Å². The number of nitrogens with zero attached hydrogens (tertiary/aromatic N) is 2. The Morgan fingerprint density at radius 2 is 2.06 bits per heavy atom. The van der Waals surface area contributed by atoms with Crippen molar-refractivity contribution in [2.45, 2.75) is 33.7 Å². The second-order valence-electron chi connectivity index (χ2n) is 4.66. The van der Waals surface area contributed by atoms with Crippen molar-refractivity contribution in [3.63, 3.8) is 0 Å². The Morgan fingerprint density at radius 3 is 2.61 bits per heavy atom. The van der Waals surface area contributed by atoms with Crippen LogP contribution in [-0.4, -0.2) is 19.7 Å². The Kier molecular flexibility index (Phi) is 3.21. The Balaban J connectivity index is 2.78. The molecule has 0 fully saturated rings. The van der Waals surface area contributed by atoms with E-state index in [4.69, 9.17) is 12.2 Å². The van der Waals surface area contributed by atoms with E-state index in [0.717, 1.165) is 11.3 Å². The lowest BCUT2D eigenvalue weighted by molar-refractivity contribution is 0.596. The SMILES string of the molecule is Cc1cc(C)c(-c2n[nH]c(=S)n2C(C)C)c(=O)[nH]1. The summed E-state index contributed by atoms with van der Waals surface area (Å²) in [6, 6.07) is 2.07. The molecule has 0 saturated carbocycles. The minimum absolute atomic E-state index is 0.136. The minimum Gasteiger partial charge on any atom is -0.326 e. The van der Waals surface area contributed by atoms with Gasteiger partial charge in [0.1, 0.15) is 0 Å². The molecule has 2 N–H and O–H groups in total. The topological polar surface area (TPSA) is 66.5 Å². The van der Waals surface area contributed by atoms with Crippen LogP contribution >= 0.6 is 12.2 Å². The lowest BCUT2D eigenvalue weighted by Gasteiger charge is -2.11. The van der Waals surface area contributed by atoms with Gasteiger partial charge in [-0.15, -0.1) is 0 Å². The third-order valence-electron chi connectivity index (χ3n) is 2.81. The van der Waals surface area contributed by atoms with E-state index in [1.807, 2.05) is 38.3 Å². The summed E-state index contributed by atoms with van der Waals surface area (Å²) >= 11 is 5.19. The summed E-state index contributed by atoms with van der Waals surface area (Å²) in [6.07, 6.45) is 0. The molecule has 0 atom stereocenters. The van der Waals surface area contributed by atoms with Crippen LogP contribution in [0.5, 0.6) is 0 Å². The maximum Gasteiger partial charge on any atom is 0.259 e. The van der Waals surface area contributed by atoms with E-state index >= 15 is 0 Å². The molecule has 2 heterocycles. The summed E-state index contributed by atoms with van der Waals surface area (Å²) in [5.74, 6) is 0.591. The lowest BCUT2D eigenvalue weighted by Crippen LogP contribution is -2.15. The molecule has 0 saturated heterocycles. The number of nitrogens with one attached hydrogen (secondary N) is 2. The highest BCUT2D eigenvalue weighted by Gasteiger charge is 2.16. The molecule has 0 amide bonds. The van der Waals surface area contributed by atoms with Gasteiger partial charge in [-0.1, -0.05) is 0 Å². The Bertz CT molecular complexity index is 693. The first-order chi connectivity index (χ1) is 8.41. The summed E-state index contributed by atoms with van der Waals surface area (Å²) in [5, 5.41) is 6.93. The standard InChI is InChI=1S/C12H16N4OS/c1-6(2)16-10(14-15-12(16)18)9-7(3)5-8(4)13-11(9)17/h5-6H,1-4H3,(H,13,17)(H,15,18). The van der Waals surface area contributed by atoms with Crippen molar-refractivity contribution < 1.29 is 0 Å². The van der Waals surface area contributed by atoms with Crippen LogP contribution in [0.2, 0.25) is 0 Å². The molecule has 2 aromatic heterocycles. The molecule has 2 aromatic rings. The van der Waals surface area contributed by atoms with Gasteiger partial charge < -0.3 is 4.98 Å². The molecule has 0 spiro atoms. The van der Waals surface area contributed by atoms with Crippen LogP contribution in [0.3, 0.4) is 0 Å². The predicted octanol–water partition coefficient (Wildman–Crippen LogP) is 2.49. The first kappa shape index (κ1) is 12.8. The number of aryl methyl sites for hydroxylation is 2. The highest BCUT2D eigenvalue weighted by Crippen LogP contribution is 2.21. The zero-order valence-corrected chi connectivity index (χ0v) is 11.7. The van der Waals surface area contributed by atoms with Gasteiger partial charge in [-0.2, -0.15) is 5.10 Å². The van der Waals surface area contributed by atoms with Gasteiger partial charge in [0.15, 0.2) is 10.6 Å². The van der Waals surface area contributed by atoms with Crippen molar-refractivity contribution in [1.82, 2.24) is 19.7 Å². The Labute approximate surface area is 110 Å². The molecule has 0 aliphatic heterocycles. The third-order valence-corrected chi connectivity index (χ3v) is 3.10. The van der Waals surface area contributed by atoms with Gasteiger partial charge in [-0.05, 0) is 51.5 Å². The quantitative estimate of drug-likeness (QED) is 0.819. The summed E-state index contributed by atoms with van der Waals surface area (Å²) < 4.78 is 2.38. The smallest absolute Gasteiger partial charge is 0.259 e. The normalized spacial score (nSPS) is 11.2. The number of hydrogen-bond acceptors (Lipinski definition) is 3. The van der Waals surface area contributed by atoms with E-state index in [-0.39, 0.29) is 11.6 Å². The lowest BCUT2D eigenvalue weighted by atomic mass is 10.1. The van der Waals surface area contributed by atoms with Crippen molar-refractivity contribution in [2.24, 2.45) is 0 Å². The largest absolute Gasteiger partial charge is 0.326 e. The van der Waals surface area contributed by atoms with Gasteiger partial charge in [0.2, 0.25) is 0 Å². The molecular weight excluding hydrogens is 248 g/mol. The second kappa shape index (κ2) is 4.53. The van der Waals surface area contributed by atoms with Crippen molar-refractivity contribution in [3.05, 3.63) is 32.4 Å². The van der Waals surface area contributed by atoms with Gasteiger partial charge in [0.05, 0.1) is 5.56 Å². The number of aromatic nitrogens is 4. The number of H-pyrrole nitrogens is 2. The maximum absolute atomic E-state index is 12.1. The number of rotatable bonds is 2. The first-order valence-corrected chi connectivity index (χ1v) is 6.20. The molecular formula is C12H16N4OS. The molecule has 0 unspecified atom stereocenters. The van der Waals surface area contributed by atoms with E-state index in [1.165, 1.54) is 0 Å². The van der Waals surface area contributed by atoms with Crippen LogP contribution in [0.25, 0.3) is 11.4 Å². The highest BCUT2D eigenvalue weighted by molar-refractivity contribution is 7.71. The summed E-state index contributed by atoms with van der Waals surface area (Å²) in [5.41, 5.74) is 2.17. The van der Waals surface area contributed by atoms with E-state index in [2.05, 4.69) is 15.2 Å². The van der Waals surface area contributed by atoms with Gasteiger partial charge in [-0.3, -0.25) is 14.5 Å². The molecule has 0 aliphatic carbocycles. The first-order valence-electron chi connectivity index (χ1n) is 5.79. The average Bonchev–Trinajstić information content (AvgIpc) is 2.58. The van der Waals surface area contributed by atoms with Crippen molar-refractivity contribution in [2.75, 3.05) is 0 Å². The molecule has 0 aliphatic rings. The molecule has 0 aromatic carbocycles. The van der Waals surface area contributed by atoms with E-state index in [0.29, 0.717) is 16.2 Å². The van der Waals surface area contributed by atoms with Crippen molar-refractivity contribution in [3.8, 4) is 11.4 Å². The average molecular weight is 264 g/mol. The third kappa shape index (κ3) is 2.03. The van der Waals surface area contributed by atoms with Gasteiger partial charge >= 0.3 is 0 Å². The zero-order chi connectivity index (χ0) is 13.4. The molecule has 0 radical (unpaired) electrons. The Morgan fingerprint density at radius 1 is 1.39 bits per heavy atom. The van der Waals surface area contributed by atoms with Gasteiger partial charge in [0.25, 0.3) is 5.56 Å². The fourth-order valence-electron chi connectivity index (χ4n) is 2.09. The van der Waals surface area contributed by atoms with E-state index < -0.39 is 0 Å². The van der Waals surface area contributed by atoms with Crippen LogP contribution in [0.1, 0.15) is 31.1 Å². The summed E-state index contributed by atoms with van der Waals surface area (Å²) in [4.78, 5) is 14.9. The van der Waals surface area contributed by atoms with Crippen molar-refractivity contribution >= 4 is 12.2 Å². The second-order valence-corrected chi connectivity index (χ2v) is 5.04. The van der Waals surface area contributed by atoms with Crippen LogP contribution in [0.4, 0.5) is 0 Å². The highest BCUT2D eigenvalue weighted by atomic mass is 32.1. The van der Waals surface area contributed by atoms with Crippen LogP contribution in [0.15, 0.2) is 10.9 Å². The van der Waals surface area contributed by atoms with Crippen LogP contribution in [0, 0.1) is 18.6 Å². The number of hydrogen-bond donors (Lipinski definition) is 2. The van der Waals surface area contributed by atoms with Crippen LogP contribution < -0.4 is 5.56 Å². The Hall–Kier alpha value is -1.69. The number of aromatic amines is 2. The molecule has 5 nitrogen and oxygen atoms in total.